The van der Waals surface area contributed by atoms with Gasteiger partial charge in [-0.2, -0.15) is 5.10 Å². The molecule has 4 rings (SSSR count). The van der Waals surface area contributed by atoms with Crippen molar-refractivity contribution in [3.63, 3.8) is 0 Å². The maximum Gasteiger partial charge on any atom is 0.342 e. The topological polar surface area (TPSA) is 92.3 Å². The van der Waals surface area contributed by atoms with Crippen LogP contribution in [0.2, 0.25) is 0 Å². The van der Waals surface area contributed by atoms with Crippen molar-refractivity contribution in [3.8, 4) is 5.75 Å². The standard InChI is InChI=1S/C19H15FN2O4/c1-9-2-3-12-13(6-9)14(21-22-18(12)23)8-11-7-10-4-5-26-17(10)15(16(11)20)19(24)25/h2-3,6-7H,4-5,8H2,1H3,(H,22,23)(H,24,25). The van der Waals surface area contributed by atoms with Crippen LogP contribution in [0.15, 0.2) is 29.1 Å². The summed E-state index contributed by atoms with van der Waals surface area (Å²) in [6.07, 6.45) is 0.595. The normalized spacial score (nSPS) is 12.8. The Kier molecular flexibility index (Phi) is 3.72. The number of hydrogen-bond donors (Lipinski definition) is 2. The summed E-state index contributed by atoms with van der Waals surface area (Å²) in [6.45, 7) is 2.22. The number of hydrogen-bond acceptors (Lipinski definition) is 4. The highest BCUT2D eigenvalue weighted by Gasteiger charge is 2.28. The van der Waals surface area contributed by atoms with Crippen LogP contribution in [-0.2, 0) is 12.8 Å². The van der Waals surface area contributed by atoms with Crippen LogP contribution in [0.5, 0.6) is 5.75 Å². The lowest BCUT2D eigenvalue weighted by molar-refractivity contribution is 0.0687. The molecule has 0 saturated heterocycles. The minimum Gasteiger partial charge on any atom is -0.492 e. The summed E-state index contributed by atoms with van der Waals surface area (Å²) < 4.78 is 20.2. The summed E-state index contributed by atoms with van der Waals surface area (Å²) in [5.74, 6) is -2.08. The number of aromatic carboxylic acids is 1. The Hall–Kier alpha value is -3.22. The largest absolute Gasteiger partial charge is 0.492 e. The second kappa shape index (κ2) is 5.94. The predicted molar refractivity (Wildman–Crippen MR) is 92.5 cm³/mol. The number of carboxylic acid groups (broad SMARTS) is 1. The Bertz CT molecular complexity index is 1120. The highest BCUT2D eigenvalue weighted by molar-refractivity contribution is 5.92. The van der Waals surface area contributed by atoms with E-state index in [-0.39, 0.29) is 23.3 Å². The Morgan fingerprint density at radius 3 is 2.92 bits per heavy atom. The van der Waals surface area contributed by atoms with Crippen LogP contribution in [0.3, 0.4) is 0 Å². The summed E-state index contributed by atoms with van der Waals surface area (Å²) >= 11 is 0. The zero-order valence-corrected chi connectivity index (χ0v) is 13.9. The minimum absolute atomic E-state index is 0.0656. The highest BCUT2D eigenvalue weighted by Crippen LogP contribution is 2.34. The van der Waals surface area contributed by atoms with Crippen molar-refractivity contribution in [3.05, 3.63) is 68.4 Å². The van der Waals surface area contributed by atoms with Gasteiger partial charge in [-0.3, -0.25) is 4.79 Å². The number of H-pyrrole nitrogens is 1. The first-order valence-electron chi connectivity index (χ1n) is 8.14. The van der Waals surface area contributed by atoms with E-state index in [0.29, 0.717) is 35.1 Å². The van der Waals surface area contributed by atoms with Crippen molar-refractivity contribution < 1.29 is 19.0 Å². The maximum absolute atomic E-state index is 14.9. The fourth-order valence-corrected chi connectivity index (χ4v) is 3.34. The number of nitrogens with one attached hydrogen (secondary N) is 1. The van der Waals surface area contributed by atoms with Gasteiger partial charge >= 0.3 is 5.97 Å². The van der Waals surface area contributed by atoms with E-state index in [2.05, 4.69) is 10.2 Å². The molecule has 1 aromatic heterocycles. The Labute approximate surface area is 147 Å². The van der Waals surface area contributed by atoms with E-state index in [0.717, 1.165) is 5.56 Å². The van der Waals surface area contributed by atoms with Gasteiger partial charge in [-0.15, -0.1) is 0 Å². The molecule has 0 fully saturated rings. The minimum atomic E-state index is -1.36. The van der Waals surface area contributed by atoms with E-state index >= 15 is 0 Å². The van der Waals surface area contributed by atoms with Gasteiger partial charge in [0.1, 0.15) is 17.1 Å². The van der Waals surface area contributed by atoms with E-state index in [1.54, 1.807) is 12.1 Å². The highest BCUT2D eigenvalue weighted by atomic mass is 19.1. The van der Waals surface area contributed by atoms with Crippen molar-refractivity contribution >= 4 is 16.7 Å². The number of aromatic nitrogens is 2. The maximum atomic E-state index is 14.9. The number of carboxylic acids is 1. The summed E-state index contributed by atoms with van der Waals surface area (Å²) in [5, 5.41) is 17.0. The van der Waals surface area contributed by atoms with E-state index in [1.807, 2.05) is 19.1 Å². The average Bonchev–Trinajstić information content (AvgIpc) is 3.05. The molecule has 1 aliphatic heterocycles. The Morgan fingerprint density at radius 2 is 2.15 bits per heavy atom. The molecule has 3 aromatic rings. The van der Waals surface area contributed by atoms with Crippen molar-refractivity contribution in [1.82, 2.24) is 10.2 Å². The van der Waals surface area contributed by atoms with Crippen molar-refractivity contribution in [1.29, 1.82) is 0 Å². The molecule has 2 aromatic carbocycles. The molecule has 0 saturated carbocycles. The molecule has 0 unspecified atom stereocenters. The molecule has 0 spiro atoms. The Balaban J connectivity index is 1.89. The lowest BCUT2D eigenvalue weighted by Crippen LogP contribution is -2.13. The van der Waals surface area contributed by atoms with Gasteiger partial charge in [-0.05, 0) is 36.2 Å². The Morgan fingerprint density at radius 1 is 1.35 bits per heavy atom. The zero-order valence-electron chi connectivity index (χ0n) is 13.9. The SMILES string of the molecule is Cc1ccc2c(=O)[nH]nc(Cc3cc4c(c(C(=O)O)c3F)OCC4)c2c1. The average molecular weight is 354 g/mol. The number of rotatable bonds is 3. The summed E-state index contributed by atoms with van der Waals surface area (Å²) in [5.41, 5.74) is 1.55. The number of benzene rings is 2. The first-order chi connectivity index (χ1) is 12.5. The first-order valence-corrected chi connectivity index (χ1v) is 8.14. The van der Waals surface area contributed by atoms with Crippen LogP contribution < -0.4 is 10.3 Å². The van der Waals surface area contributed by atoms with Crippen LogP contribution in [0.1, 0.15) is 32.7 Å². The quantitative estimate of drug-likeness (QED) is 0.754. The molecule has 7 heteroatoms. The second-order valence-corrected chi connectivity index (χ2v) is 6.34. The van der Waals surface area contributed by atoms with E-state index in [9.17, 15) is 19.1 Å². The molecule has 0 amide bonds. The molecule has 0 bridgehead atoms. The monoisotopic (exact) mass is 354 g/mol. The molecule has 1 aliphatic rings. The summed E-state index contributed by atoms with van der Waals surface area (Å²) in [7, 11) is 0. The summed E-state index contributed by atoms with van der Waals surface area (Å²) in [6, 6.07) is 6.96. The number of fused-ring (bicyclic) bond motifs is 2. The van der Waals surface area contributed by atoms with Crippen molar-refractivity contribution in [2.75, 3.05) is 6.61 Å². The van der Waals surface area contributed by atoms with Crippen molar-refractivity contribution in [2.24, 2.45) is 0 Å². The second-order valence-electron chi connectivity index (χ2n) is 6.34. The van der Waals surface area contributed by atoms with Crippen LogP contribution in [-0.4, -0.2) is 27.9 Å². The van der Waals surface area contributed by atoms with Gasteiger partial charge in [0.05, 0.1) is 17.7 Å². The lowest BCUT2D eigenvalue weighted by atomic mass is 9.97. The lowest BCUT2D eigenvalue weighted by Gasteiger charge is -2.11. The molecule has 26 heavy (non-hydrogen) atoms. The van der Waals surface area contributed by atoms with Crippen LogP contribution in [0.4, 0.5) is 4.39 Å². The predicted octanol–water partition coefficient (Wildman–Crippen LogP) is 2.59. The van der Waals surface area contributed by atoms with Crippen molar-refractivity contribution in [2.45, 2.75) is 19.8 Å². The molecule has 6 nitrogen and oxygen atoms in total. The molecule has 2 N–H and O–H groups in total. The number of halogens is 1. The third-order valence-corrected chi connectivity index (χ3v) is 4.58. The molecule has 132 valence electrons. The molecule has 0 radical (unpaired) electrons. The van der Waals surface area contributed by atoms with E-state index in [1.165, 1.54) is 0 Å². The van der Waals surface area contributed by atoms with Gasteiger partial charge in [-0.25, -0.2) is 14.3 Å². The van der Waals surface area contributed by atoms with Gasteiger partial charge in [0.25, 0.3) is 5.56 Å². The number of carbonyl (C=O) groups is 1. The van der Waals surface area contributed by atoms with Crippen LogP contribution in [0.25, 0.3) is 10.8 Å². The number of nitrogens with zero attached hydrogens (tertiary/aromatic N) is 1. The fraction of sp³-hybridized carbons (Fsp3) is 0.211. The zero-order chi connectivity index (χ0) is 18.4. The molecule has 2 heterocycles. The smallest absolute Gasteiger partial charge is 0.342 e. The third-order valence-electron chi connectivity index (χ3n) is 4.58. The molecular formula is C19H15FN2O4. The van der Waals surface area contributed by atoms with Gasteiger partial charge in [0.15, 0.2) is 0 Å². The number of aryl methyl sites for hydroxylation is 1. The third kappa shape index (κ3) is 2.52. The van der Waals surface area contributed by atoms with Crippen LogP contribution in [0, 0.1) is 12.7 Å². The van der Waals surface area contributed by atoms with Gasteiger partial charge in [0, 0.05) is 18.2 Å². The van der Waals surface area contributed by atoms with Crippen LogP contribution >= 0.6 is 0 Å². The first kappa shape index (κ1) is 16.3. The number of ether oxygens (including phenoxy) is 1. The summed E-state index contributed by atoms with van der Waals surface area (Å²) in [4.78, 5) is 23.5. The molecular weight excluding hydrogens is 339 g/mol. The van der Waals surface area contributed by atoms with E-state index < -0.39 is 17.3 Å². The fourth-order valence-electron chi connectivity index (χ4n) is 3.34. The van der Waals surface area contributed by atoms with Gasteiger partial charge < -0.3 is 9.84 Å². The van der Waals surface area contributed by atoms with Gasteiger partial charge in [-0.1, -0.05) is 11.6 Å². The molecule has 0 aliphatic carbocycles. The molecule has 0 atom stereocenters. The van der Waals surface area contributed by atoms with E-state index in [4.69, 9.17) is 4.74 Å². The van der Waals surface area contributed by atoms with Gasteiger partial charge in [0.2, 0.25) is 0 Å². The number of aromatic amines is 1.